The summed E-state index contributed by atoms with van der Waals surface area (Å²) in [7, 11) is 1.93. The highest BCUT2D eigenvalue weighted by molar-refractivity contribution is 5.45. The van der Waals surface area contributed by atoms with Crippen molar-refractivity contribution in [3.05, 3.63) is 30.1 Å². The normalized spacial score (nSPS) is 10.7. The van der Waals surface area contributed by atoms with E-state index in [4.69, 9.17) is 0 Å². The van der Waals surface area contributed by atoms with Gasteiger partial charge < -0.3 is 9.88 Å². The van der Waals surface area contributed by atoms with Crippen molar-refractivity contribution in [2.45, 2.75) is 20.4 Å². The molecule has 2 aromatic rings. The molecule has 0 aliphatic rings. The minimum Gasteiger partial charge on any atom is -0.380 e. The van der Waals surface area contributed by atoms with Gasteiger partial charge in [0.15, 0.2) is 0 Å². The van der Waals surface area contributed by atoms with Crippen LogP contribution in [0, 0.1) is 13.8 Å². The number of anilines is 1. The zero-order chi connectivity index (χ0) is 11.5. The van der Waals surface area contributed by atoms with Crippen LogP contribution in [0.15, 0.2) is 18.6 Å². The van der Waals surface area contributed by atoms with Gasteiger partial charge in [-0.1, -0.05) is 0 Å². The largest absolute Gasteiger partial charge is 0.380 e. The van der Waals surface area contributed by atoms with Gasteiger partial charge in [-0.05, 0) is 13.8 Å². The molecule has 16 heavy (non-hydrogen) atoms. The molecule has 0 aromatic carbocycles. The maximum atomic E-state index is 4.28. The van der Waals surface area contributed by atoms with Gasteiger partial charge in [0, 0.05) is 38.7 Å². The standard InChI is InChI=1S/C11H17N5/c1-9-11(8-15(3)14-9)13-5-7-16-6-4-12-10(16)2/h4,6,8,13H,5,7H2,1-3H3. The summed E-state index contributed by atoms with van der Waals surface area (Å²) in [6.45, 7) is 5.81. The number of imidazole rings is 1. The van der Waals surface area contributed by atoms with Crippen molar-refractivity contribution in [1.29, 1.82) is 0 Å². The zero-order valence-corrected chi connectivity index (χ0v) is 9.94. The van der Waals surface area contributed by atoms with Crippen LogP contribution in [0.3, 0.4) is 0 Å². The molecule has 5 nitrogen and oxygen atoms in total. The molecule has 0 fully saturated rings. The number of nitrogens with zero attached hydrogens (tertiary/aromatic N) is 4. The third-order valence-corrected chi connectivity index (χ3v) is 2.61. The summed E-state index contributed by atoms with van der Waals surface area (Å²) in [5.74, 6) is 1.05. The molecule has 0 aliphatic heterocycles. The predicted octanol–water partition coefficient (Wildman–Crippen LogP) is 1.35. The van der Waals surface area contributed by atoms with Gasteiger partial charge in [-0.25, -0.2) is 4.98 Å². The van der Waals surface area contributed by atoms with Crippen molar-refractivity contribution < 1.29 is 0 Å². The predicted molar refractivity (Wildman–Crippen MR) is 63.4 cm³/mol. The van der Waals surface area contributed by atoms with Crippen LogP contribution in [0.2, 0.25) is 0 Å². The average Bonchev–Trinajstić information content (AvgIpc) is 2.75. The van der Waals surface area contributed by atoms with Gasteiger partial charge in [-0.3, -0.25) is 4.68 Å². The Morgan fingerprint density at radius 2 is 2.19 bits per heavy atom. The average molecular weight is 219 g/mol. The smallest absolute Gasteiger partial charge is 0.105 e. The van der Waals surface area contributed by atoms with Crippen LogP contribution in [-0.2, 0) is 13.6 Å². The quantitative estimate of drug-likeness (QED) is 0.844. The maximum absolute atomic E-state index is 4.28. The topological polar surface area (TPSA) is 47.7 Å². The Balaban J connectivity index is 1.89. The third kappa shape index (κ3) is 2.24. The third-order valence-electron chi connectivity index (χ3n) is 2.61. The SMILES string of the molecule is Cc1nn(C)cc1NCCn1ccnc1C. The van der Waals surface area contributed by atoms with Crippen LogP contribution in [0.25, 0.3) is 0 Å². The Labute approximate surface area is 95.1 Å². The van der Waals surface area contributed by atoms with Crippen LogP contribution < -0.4 is 5.32 Å². The van der Waals surface area contributed by atoms with Gasteiger partial charge in [0.25, 0.3) is 0 Å². The minimum atomic E-state index is 0.879. The van der Waals surface area contributed by atoms with E-state index in [1.165, 1.54) is 0 Å². The summed E-state index contributed by atoms with van der Waals surface area (Å²) in [5, 5.41) is 7.65. The fourth-order valence-electron chi connectivity index (χ4n) is 1.72. The van der Waals surface area contributed by atoms with Crippen LogP contribution in [0.4, 0.5) is 5.69 Å². The molecule has 0 atom stereocenters. The van der Waals surface area contributed by atoms with E-state index < -0.39 is 0 Å². The van der Waals surface area contributed by atoms with E-state index in [2.05, 4.69) is 20.0 Å². The first-order chi connectivity index (χ1) is 7.66. The molecule has 0 bridgehead atoms. The second kappa shape index (κ2) is 4.38. The lowest BCUT2D eigenvalue weighted by Gasteiger charge is -2.06. The van der Waals surface area contributed by atoms with E-state index in [0.29, 0.717) is 0 Å². The molecule has 2 aromatic heterocycles. The molecule has 2 rings (SSSR count). The van der Waals surface area contributed by atoms with Gasteiger partial charge in [-0.2, -0.15) is 5.10 Å². The lowest BCUT2D eigenvalue weighted by atomic mass is 10.4. The number of rotatable bonds is 4. The lowest BCUT2D eigenvalue weighted by Crippen LogP contribution is -2.11. The summed E-state index contributed by atoms with van der Waals surface area (Å²) < 4.78 is 3.94. The molecule has 0 saturated heterocycles. The monoisotopic (exact) mass is 219 g/mol. The van der Waals surface area contributed by atoms with Gasteiger partial charge in [0.05, 0.1) is 11.4 Å². The van der Waals surface area contributed by atoms with Gasteiger partial charge in [0.1, 0.15) is 5.82 Å². The molecule has 5 heteroatoms. The number of hydrogen-bond donors (Lipinski definition) is 1. The second-order valence-electron chi connectivity index (χ2n) is 3.90. The van der Waals surface area contributed by atoms with Gasteiger partial charge >= 0.3 is 0 Å². The maximum Gasteiger partial charge on any atom is 0.105 e. The molecule has 1 N–H and O–H groups in total. The Bertz CT molecular complexity index is 468. The summed E-state index contributed by atoms with van der Waals surface area (Å²) in [5.41, 5.74) is 2.13. The van der Waals surface area contributed by atoms with E-state index in [9.17, 15) is 0 Å². The van der Waals surface area contributed by atoms with Crippen molar-refractivity contribution in [2.24, 2.45) is 7.05 Å². The molecule has 2 heterocycles. The summed E-state index contributed by atoms with van der Waals surface area (Å²) in [4.78, 5) is 4.18. The Kier molecular flexibility index (Phi) is 2.94. The highest BCUT2D eigenvalue weighted by atomic mass is 15.3. The molecular formula is C11H17N5. The Morgan fingerprint density at radius 1 is 1.38 bits per heavy atom. The van der Waals surface area contributed by atoms with Crippen molar-refractivity contribution in [3.8, 4) is 0 Å². The molecule has 0 unspecified atom stereocenters. The number of nitrogens with one attached hydrogen (secondary N) is 1. The van der Waals surface area contributed by atoms with Gasteiger partial charge in [0.2, 0.25) is 0 Å². The van der Waals surface area contributed by atoms with Crippen LogP contribution >= 0.6 is 0 Å². The van der Waals surface area contributed by atoms with E-state index in [1.807, 2.05) is 44.2 Å². The van der Waals surface area contributed by atoms with Crippen molar-refractivity contribution in [2.75, 3.05) is 11.9 Å². The first-order valence-corrected chi connectivity index (χ1v) is 5.38. The second-order valence-corrected chi connectivity index (χ2v) is 3.90. The Hall–Kier alpha value is -1.78. The van der Waals surface area contributed by atoms with Crippen molar-refractivity contribution in [3.63, 3.8) is 0 Å². The number of hydrogen-bond acceptors (Lipinski definition) is 3. The molecule has 0 saturated carbocycles. The molecule has 0 spiro atoms. The van der Waals surface area contributed by atoms with Crippen LogP contribution in [-0.4, -0.2) is 25.9 Å². The highest BCUT2D eigenvalue weighted by Crippen LogP contribution is 2.10. The van der Waals surface area contributed by atoms with Crippen molar-refractivity contribution >= 4 is 5.69 Å². The van der Waals surface area contributed by atoms with Crippen LogP contribution in [0.1, 0.15) is 11.5 Å². The zero-order valence-electron chi connectivity index (χ0n) is 9.94. The van der Waals surface area contributed by atoms with E-state index in [0.717, 1.165) is 30.3 Å². The lowest BCUT2D eigenvalue weighted by molar-refractivity contribution is 0.700. The van der Waals surface area contributed by atoms with E-state index in [-0.39, 0.29) is 0 Å². The Morgan fingerprint density at radius 3 is 2.75 bits per heavy atom. The first-order valence-electron chi connectivity index (χ1n) is 5.38. The minimum absolute atomic E-state index is 0.879. The molecule has 86 valence electrons. The van der Waals surface area contributed by atoms with E-state index >= 15 is 0 Å². The fourth-order valence-corrected chi connectivity index (χ4v) is 1.72. The molecule has 0 amide bonds. The van der Waals surface area contributed by atoms with Crippen molar-refractivity contribution in [1.82, 2.24) is 19.3 Å². The first kappa shape index (κ1) is 10.7. The summed E-state index contributed by atoms with van der Waals surface area (Å²) in [6.07, 6.45) is 5.81. The number of aromatic nitrogens is 4. The molecular weight excluding hydrogens is 202 g/mol. The number of aryl methyl sites for hydroxylation is 3. The fraction of sp³-hybridized carbons (Fsp3) is 0.455. The summed E-state index contributed by atoms with van der Waals surface area (Å²) in [6, 6.07) is 0. The van der Waals surface area contributed by atoms with Crippen LogP contribution in [0.5, 0.6) is 0 Å². The molecule has 0 aliphatic carbocycles. The summed E-state index contributed by atoms with van der Waals surface area (Å²) >= 11 is 0. The molecule has 0 radical (unpaired) electrons. The van der Waals surface area contributed by atoms with Gasteiger partial charge in [-0.15, -0.1) is 0 Å². The van der Waals surface area contributed by atoms with E-state index in [1.54, 1.807) is 0 Å². The highest BCUT2D eigenvalue weighted by Gasteiger charge is 2.02.